The number of ether oxygens (including phenoxy) is 1. The van der Waals surface area contributed by atoms with Gasteiger partial charge in [-0.25, -0.2) is 4.98 Å². The van der Waals surface area contributed by atoms with Crippen molar-refractivity contribution in [1.82, 2.24) is 9.55 Å². The zero-order chi connectivity index (χ0) is 18.8. The first kappa shape index (κ1) is 18.0. The molecule has 0 bridgehead atoms. The average Bonchev–Trinajstić information content (AvgIpc) is 3.05. The van der Waals surface area contributed by atoms with Gasteiger partial charge in [0.25, 0.3) is 0 Å². The Morgan fingerprint density at radius 1 is 1.07 bits per heavy atom. The van der Waals surface area contributed by atoms with Gasteiger partial charge in [-0.3, -0.25) is 0 Å². The molecule has 5 heteroatoms. The van der Waals surface area contributed by atoms with Crippen LogP contribution in [0, 0.1) is 0 Å². The number of hydrogen-bond donors (Lipinski definition) is 1. The molecule has 1 aromatic heterocycles. The zero-order valence-electron chi connectivity index (χ0n) is 15.1. The molecule has 1 N–H and O–H groups in total. The molecule has 0 saturated heterocycles. The van der Waals surface area contributed by atoms with Crippen LogP contribution in [0.4, 0.5) is 0 Å². The molecule has 4 aromatic rings. The number of halogens is 1. The zero-order valence-corrected chi connectivity index (χ0v) is 16.7. The second-order valence-corrected chi connectivity index (χ2v) is 7.34. The third-order valence-electron chi connectivity index (χ3n) is 4.70. The standard InChI is InChI=1S/C22H21BrN2O2/c1-2-21-24-18-9-5-6-10-19(18)25(21)13-16(26)14-27-20-12-11-15-7-3-4-8-17(15)22(20)23/h3-12,16,26H,2,13-14H2,1H3. The van der Waals surface area contributed by atoms with Gasteiger partial charge in [-0.05, 0) is 44.9 Å². The van der Waals surface area contributed by atoms with Gasteiger partial charge in [0.2, 0.25) is 0 Å². The second kappa shape index (κ2) is 7.71. The molecule has 0 saturated carbocycles. The molecule has 4 rings (SSSR count). The van der Waals surface area contributed by atoms with Crippen LogP contribution in [-0.4, -0.2) is 27.4 Å². The van der Waals surface area contributed by atoms with E-state index in [0.717, 1.165) is 44.3 Å². The van der Waals surface area contributed by atoms with Gasteiger partial charge in [-0.2, -0.15) is 0 Å². The fraction of sp³-hybridized carbons (Fsp3) is 0.227. The van der Waals surface area contributed by atoms with Gasteiger partial charge in [0, 0.05) is 6.42 Å². The molecule has 4 nitrogen and oxygen atoms in total. The first-order valence-corrected chi connectivity index (χ1v) is 9.89. The Balaban J connectivity index is 1.51. The van der Waals surface area contributed by atoms with Crippen molar-refractivity contribution in [3.05, 3.63) is 71.0 Å². The number of aliphatic hydroxyl groups excluding tert-OH is 1. The predicted octanol–water partition coefficient (Wildman–Crippen LogP) is 4.95. The second-order valence-electron chi connectivity index (χ2n) is 6.54. The molecular weight excluding hydrogens is 404 g/mol. The van der Waals surface area contributed by atoms with Crippen LogP contribution in [0.15, 0.2) is 65.1 Å². The van der Waals surface area contributed by atoms with E-state index in [1.165, 1.54) is 0 Å². The van der Waals surface area contributed by atoms with E-state index >= 15 is 0 Å². The van der Waals surface area contributed by atoms with Crippen LogP contribution < -0.4 is 4.74 Å². The van der Waals surface area contributed by atoms with Crippen molar-refractivity contribution in [2.24, 2.45) is 0 Å². The van der Waals surface area contributed by atoms with E-state index in [0.29, 0.717) is 6.54 Å². The summed E-state index contributed by atoms with van der Waals surface area (Å²) >= 11 is 3.63. The van der Waals surface area contributed by atoms with E-state index in [-0.39, 0.29) is 6.61 Å². The smallest absolute Gasteiger partial charge is 0.134 e. The van der Waals surface area contributed by atoms with Gasteiger partial charge in [-0.15, -0.1) is 0 Å². The van der Waals surface area contributed by atoms with Gasteiger partial charge < -0.3 is 14.4 Å². The normalized spacial score (nSPS) is 12.6. The van der Waals surface area contributed by atoms with Crippen molar-refractivity contribution in [3.8, 4) is 5.75 Å². The summed E-state index contributed by atoms with van der Waals surface area (Å²) < 4.78 is 8.90. The van der Waals surface area contributed by atoms with Crippen molar-refractivity contribution >= 4 is 37.7 Å². The summed E-state index contributed by atoms with van der Waals surface area (Å²) in [7, 11) is 0. The molecule has 3 aromatic carbocycles. The highest BCUT2D eigenvalue weighted by Crippen LogP contribution is 2.33. The molecule has 0 spiro atoms. The van der Waals surface area contributed by atoms with Crippen molar-refractivity contribution in [1.29, 1.82) is 0 Å². The molecular formula is C22H21BrN2O2. The molecule has 0 aliphatic rings. The van der Waals surface area contributed by atoms with E-state index in [2.05, 4.69) is 38.5 Å². The number of imidazole rings is 1. The predicted molar refractivity (Wildman–Crippen MR) is 112 cm³/mol. The van der Waals surface area contributed by atoms with Crippen LogP contribution in [0.5, 0.6) is 5.75 Å². The van der Waals surface area contributed by atoms with Crippen LogP contribution in [0.1, 0.15) is 12.7 Å². The molecule has 1 atom stereocenters. The van der Waals surface area contributed by atoms with Crippen LogP contribution in [0.2, 0.25) is 0 Å². The molecule has 1 heterocycles. The minimum Gasteiger partial charge on any atom is -0.490 e. The number of hydrogen-bond acceptors (Lipinski definition) is 3. The highest BCUT2D eigenvalue weighted by Gasteiger charge is 2.14. The van der Waals surface area contributed by atoms with E-state index in [1.807, 2.05) is 54.6 Å². The average molecular weight is 425 g/mol. The number of nitrogens with zero attached hydrogens (tertiary/aromatic N) is 2. The quantitative estimate of drug-likeness (QED) is 0.475. The van der Waals surface area contributed by atoms with E-state index in [4.69, 9.17) is 4.74 Å². The lowest BCUT2D eigenvalue weighted by molar-refractivity contribution is 0.0925. The minimum absolute atomic E-state index is 0.215. The van der Waals surface area contributed by atoms with Crippen LogP contribution in [0.25, 0.3) is 21.8 Å². The summed E-state index contributed by atoms with van der Waals surface area (Å²) in [5.41, 5.74) is 2.00. The molecule has 138 valence electrons. The SMILES string of the molecule is CCc1nc2ccccc2n1CC(O)COc1ccc2ccccc2c1Br. The Bertz CT molecular complexity index is 1090. The number of rotatable bonds is 6. The molecule has 0 radical (unpaired) electrons. The van der Waals surface area contributed by atoms with Crippen LogP contribution in [0.3, 0.4) is 0 Å². The number of aromatic nitrogens is 2. The summed E-state index contributed by atoms with van der Waals surface area (Å²) in [6.07, 6.45) is 0.185. The van der Waals surface area contributed by atoms with Crippen molar-refractivity contribution in [2.45, 2.75) is 26.0 Å². The maximum Gasteiger partial charge on any atom is 0.134 e. The number of aliphatic hydroxyl groups is 1. The lowest BCUT2D eigenvalue weighted by atomic mass is 10.1. The number of para-hydroxylation sites is 2. The Kier molecular flexibility index (Phi) is 5.14. The number of aryl methyl sites for hydroxylation is 1. The van der Waals surface area contributed by atoms with E-state index in [9.17, 15) is 5.11 Å². The van der Waals surface area contributed by atoms with Crippen LogP contribution in [-0.2, 0) is 13.0 Å². The van der Waals surface area contributed by atoms with E-state index in [1.54, 1.807) is 0 Å². The highest BCUT2D eigenvalue weighted by molar-refractivity contribution is 9.10. The molecule has 0 fully saturated rings. The molecule has 27 heavy (non-hydrogen) atoms. The third kappa shape index (κ3) is 3.57. The van der Waals surface area contributed by atoms with Crippen molar-refractivity contribution in [3.63, 3.8) is 0 Å². The van der Waals surface area contributed by atoms with Crippen LogP contribution >= 0.6 is 15.9 Å². The highest BCUT2D eigenvalue weighted by atomic mass is 79.9. The van der Waals surface area contributed by atoms with Crippen molar-refractivity contribution < 1.29 is 9.84 Å². The lowest BCUT2D eigenvalue weighted by Gasteiger charge is -2.16. The number of fused-ring (bicyclic) bond motifs is 2. The fourth-order valence-electron chi connectivity index (χ4n) is 3.37. The summed E-state index contributed by atoms with van der Waals surface area (Å²) in [6, 6.07) is 20.1. The summed E-state index contributed by atoms with van der Waals surface area (Å²) in [5, 5.41) is 12.8. The number of benzene rings is 3. The van der Waals surface area contributed by atoms with Gasteiger partial charge in [-0.1, -0.05) is 49.4 Å². The third-order valence-corrected chi connectivity index (χ3v) is 5.52. The van der Waals surface area contributed by atoms with Gasteiger partial charge in [0.1, 0.15) is 24.3 Å². The molecule has 1 unspecified atom stereocenters. The largest absolute Gasteiger partial charge is 0.490 e. The Hall–Kier alpha value is -2.37. The summed E-state index contributed by atoms with van der Waals surface area (Å²) in [4.78, 5) is 4.65. The molecule has 0 amide bonds. The molecule has 0 aliphatic heterocycles. The Morgan fingerprint density at radius 2 is 1.85 bits per heavy atom. The summed E-state index contributed by atoms with van der Waals surface area (Å²) in [6.45, 7) is 2.74. The van der Waals surface area contributed by atoms with E-state index < -0.39 is 6.10 Å². The van der Waals surface area contributed by atoms with Gasteiger partial charge >= 0.3 is 0 Å². The maximum absolute atomic E-state index is 10.6. The van der Waals surface area contributed by atoms with Gasteiger partial charge in [0.05, 0.1) is 22.1 Å². The summed E-state index contributed by atoms with van der Waals surface area (Å²) in [5.74, 6) is 1.71. The first-order chi connectivity index (χ1) is 13.2. The maximum atomic E-state index is 10.6. The monoisotopic (exact) mass is 424 g/mol. The first-order valence-electron chi connectivity index (χ1n) is 9.09. The lowest BCUT2D eigenvalue weighted by Crippen LogP contribution is -2.24. The minimum atomic E-state index is -0.633. The molecule has 0 aliphatic carbocycles. The Labute approximate surface area is 166 Å². The fourth-order valence-corrected chi connectivity index (χ4v) is 3.98. The van der Waals surface area contributed by atoms with Gasteiger partial charge in [0.15, 0.2) is 0 Å². The topological polar surface area (TPSA) is 47.3 Å². The Morgan fingerprint density at radius 3 is 2.70 bits per heavy atom. The van der Waals surface area contributed by atoms with Crippen molar-refractivity contribution in [2.75, 3.05) is 6.61 Å².